The summed E-state index contributed by atoms with van der Waals surface area (Å²) in [4.78, 5) is 0. The van der Waals surface area contributed by atoms with Crippen molar-refractivity contribution in [3.63, 3.8) is 0 Å². The van der Waals surface area contributed by atoms with Crippen molar-refractivity contribution < 1.29 is 9.13 Å². The minimum atomic E-state index is -0.293. The maximum absolute atomic E-state index is 13.6. The predicted molar refractivity (Wildman–Crippen MR) is 105 cm³/mol. The van der Waals surface area contributed by atoms with Crippen molar-refractivity contribution in [3.8, 4) is 5.75 Å². The summed E-state index contributed by atoms with van der Waals surface area (Å²) >= 11 is 3.25. The van der Waals surface area contributed by atoms with Crippen LogP contribution in [0.2, 0.25) is 0 Å². The number of ether oxygens (including phenoxy) is 1. The lowest BCUT2D eigenvalue weighted by Crippen LogP contribution is -1.99. The standard InChI is InChI=1S/C21H34BrFO/c1-2-3-4-5-6-7-8-9-10-11-12-13-14-17-24-21-16-15-19(22)18-20(21)23/h15-16,18H,2-14,17H2,1H3. The van der Waals surface area contributed by atoms with Crippen molar-refractivity contribution in [3.05, 3.63) is 28.5 Å². The van der Waals surface area contributed by atoms with Gasteiger partial charge in [-0.25, -0.2) is 4.39 Å². The molecule has 0 aliphatic carbocycles. The maximum Gasteiger partial charge on any atom is 0.166 e. The molecule has 1 aromatic rings. The number of benzene rings is 1. The molecule has 0 N–H and O–H groups in total. The fourth-order valence-electron chi connectivity index (χ4n) is 2.89. The highest BCUT2D eigenvalue weighted by molar-refractivity contribution is 9.10. The van der Waals surface area contributed by atoms with Gasteiger partial charge in [-0.1, -0.05) is 99.9 Å². The van der Waals surface area contributed by atoms with Gasteiger partial charge in [0.2, 0.25) is 0 Å². The van der Waals surface area contributed by atoms with Crippen molar-refractivity contribution in [1.82, 2.24) is 0 Å². The maximum atomic E-state index is 13.6. The third kappa shape index (κ3) is 11.1. The molecule has 0 radical (unpaired) electrons. The number of hydrogen-bond acceptors (Lipinski definition) is 1. The molecule has 1 aromatic carbocycles. The van der Waals surface area contributed by atoms with Crippen molar-refractivity contribution in [2.45, 2.75) is 90.4 Å². The van der Waals surface area contributed by atoms with E-state index in [1.807, 2.05) is 6.07 Å². The van der Waals surface area contributed by atoms with Gasteiger partial charge in [0.15, 0.2) is 11.6 Å². The number of rotatable bonds is 15. The minimum Gasteiger partial charge on any atom is -0.491 e. The van der Waals surface area contributed by atoms with Crippen LogP contribution in [0.3, 0.4) is 0 Å². The van der Waals surface area contributed by atoms with E-state index in [0.29, 0.717) is 12.4 Å². The zero-order valence-corrected chi connectivity index (χ0v) is 16.9. The Labute approximate surface area is 156 Å². The summed E-state index contributed by atoms with van der Waals surface area (Å²) < 4.78 is 19.8. The van der Waals surface area contributed by atoms with Gasteiger partial charge in [0, 0.05) is 4.47 Å². The molecule has 0 heterocycles. The molecule has 0 aliphatic heterocycles. The number of unbranched alkanes of at least 4 members (excludes halogenated alkanes) is 12. The second-order valence-corrected chi connectivity index (χ2v) is 7.58. The molecule has 0 saturated carbocycles. The van der Waals surface area contributed by atoms with Crippen LogP contribution in [0.15, 0.2) is 22.7 Å². The first-order valence-electron chi connectivity index (χ1n) is 9.82. The van der Waals surface area contributed by atoms with Gasteiger partial charge in [-0.2, -0.15) is 0 Å². The Morgan fingerprint density at radius 1 is 0.792 bits per heavy atom. The van der Waals surface area contributed by atoms with Crippen LogP contribution in [0.25, 0.3) is 0 Å². The Morgan fingerprint density at radius 3 is 1.79 bits per heavy atom. The smallest absolute Gasteiger partial charge is 0.166 e. The van der Waals surface area contributed by atoms with E-state index in [1.54, 1.807) is 6.07 Å². The third-order valence-corrected chi connectivity index (χ3v) is 4.89. The van der Waals surface area contributed by atoms with Crippen molar-refractivity contribution >= 4 is 15.9 Å². The molecule has 138 valence electrons. The lowest BCUT2D eigenvalue weighted by atomic mass is 10.0. The average Bonchev–Trinajstić information content (AvgIpc) is 2.57. The van der Waals surface area contributed by atoms with E-state index in [-0.39, 0.29) is 5.82 Å². The van der Waals surface area contributed by atoms with Crippen LogP contribution in [0, 0.1) is 5.82 Å². The van der Waals surface area contributed by atoms with Gasteiger partial charge in [0.25, 0.3) is 0 Å². The summed E-state index contributed by atoms with van der Waals surface area (Å²) in [5, 5.41) is 0. The Bertz CT molecular complexity index is 422. The average molecular weight is 401 g/mol. The first-order valence-corrected chi connectivity index (χ1v) is 10.6. The van der Waals surface area contributed by atoms with E-state index < -0.39 is 0 Å². The predicted octanol–water partition coefficient (Wildman–Crippen LogP) is 8.06. The lowest BCUT2D eigenvalue weighted by Gasteiger charge is -2.07. The van der Waals surface area contributed by atoms with Crippen molar-refractivity contribution in [1.29, 1.82) is 0 Å². The van der Waals surface area contributed by atoms with Crippen molar-refractivity contribution in [2.75, 3.05) is 6.61 Å². The van der Waals surface area contributed by atoms with Gasteiger partial charge >= 0.3 is 0 Å². The topological polar surface area (TPSA) is 9.23 Å². The minimum absolute atomic E-state index is 0.293. The van der Waals surface area contributed by atoms with Crippen LogP contribution in [0.4, 0.5) is 4.39 Å². The molecule has 24 heavy (non-hydrogen) atoms. The Hall–Kier alpha value is -0.570. The normalized spacial score (nSPS) is 11.0. The number of hydrogen-bond donors (Lipinski definition) is 0. The van der Waals surface area contributed by atoms with E-state index in [2.05, 4.69) is 22.9 Å². The van der Waals surface area contributed by atoms with Crippen LogP contribution < -0.4 is 4.74 Å². The molecule has 0 amide bonds. The molecular weight excluding hydrogens is 367 g/mol. The first-order chi connectivity index (χ1) is 11.7. The largest absolute Gasteiger partial charge is 0.491 e. The zero-order chi connectivity index (χ0) is 17.5. The van der Waals surface area contributed by atoms with Gasteiger partial charge in [-0.3, -0.25) is 0 Å². The first kappa shape index (κ1) is 21.5. The molecule has 0 fully saturated rings. The fraction of sp³-hybridized carbons (Fsp3) is 0.714. The van der Waals surface area contributed by atoms with E-state index in [1.165, 1.54) is 83.1 Å². The molecule has 0 saturated heterocycles. The Morgan fingerprint density at radius 2 is 1.29 bits per heavy atom. The second kappa shape index (κ2) is 14.7. The third-order valence-electron chi connectivity index (χ3n) is 4.40. The monoisotopic (exact) mass is 400 g/mol. The molecule has 0 aromatic heterocycles. The highest BCUT2D eigenvalue weighted by Crippen LogP contribution is 2.21. The Kier molecular flexibility index (Phi) is 13.2. The van der Waals surface area contributed by atoms with Crippen LogP contribution in [0.5, 0.6) is 5.75 Å². The second-order valence-electron chi connectivity index (χ2n) is 6.67. The fourth-order valence-corrected chi connectivity index (χ4v) is 3.23. The Balaban J connectivity index is 1.84. The molecule has 1 rings (SSSR count). The van der Waals surface area contributed by atoms with Crippen LogP contribution in [-0.4, -0.2) is 6.61 Å². The zero-order valence-electron chi connectivity index (χ0n) is 15.3. The lowest BCUT2D eigenvalue weighted by molar-refractivity contribution is 0.290. The highest BCUT2D eigenvalue weighted by Gasteiger charge is 2.03. The summed E-state index contributed by atoms with van der Waals surface area (Å²) in [5.74, 6) is 0.0659. The van der Waals surface area contributed by atoms with Crippen LogP contribution in [0.1, 0.15) is 90.4 Å². The van der Waals surface area contributed by atoms with Crippen molar-refractivity contribution in [2.24, 2.45) is 0 Å². The molecule has 3 heteroatoms. The summed E-state index contributed by atoms with van der Waals surface area (Å²) in [6.07, 6.45) is 17.3. The molecule has 0 atom stereocenters. The molecule has 1 nitrogen and oxygen atoms in total. The van der Waals surface area contributed by atoms with E-state index >= 15 is 0 Å². The summed E-state index contributed by atoms with van der Waals surface area (Å²) in [5.41, 5.74) is 0. The summed E-state index contributed by atoms with van der Waals surface area (Å²) in [6.45, 7) is 2.88. The van der Waals surface area contributed by atoms with Gasteiger partial charge < -0.3 is 4.74 Å². The van der Waals surface area contributed by atoms with E-state index in [0.717, 1.165) is 10.9 Å². The highest BCUT2D eigenvalue weighted by atomic mass is 79.9. The summed E-state index contributed by atoms with van der Waals surface area (Å²) in [6, 6.07) is 4.93. The molecule has 0 bridgehead atoms. The molecule has 0 aliphatic rings. The van der Waals surface area contributed by atoms with Gasteiger partial charge in [0.1, 0.15) is 0 Å². The van der Waals surface area contributed by atoms with Crippen LogP contribution >= 0.6 is 15.9 Å². The quantitative estimate of drug-likeness (QED) is 0.270. The van der Waals surface area contributed by atoms with Gasteiger partial charge in [-0.05, 0) is 24.6 Å². The van der Waals surface area contributed by atoms with E-state index in [9.17, 15) is 4.39 Å². The molecular formula is C21H34BrFO. The van der Waals surface area contributed by atoms with E-state index in [4.69, 9.17) is 4.74 Å². The van der Waals surface area contributed by atoms with Gasteiger partial charge in [-0.15, -0.1) is 0 Å². The van der Waals surface area contributed by atoms with Crippen LogP contribution in [-0.2, 0) is 0 Å². The molecule has 0 spiro atoms. The molecule has 0 unspecified atom stereocenters. The summed E-state index contributed by atoms with van der Waals surface area (Å²) in [7, 11) is 0. The van der Waals surface area contributed by atoms with Gasteiger partial charge in [0.05, 0.1) is 6.61 Å². The SMILES string of the molecule is CCCCCCCCCCCCCCCOc1ccc(Br)cc1F. The number of halogens is 2.